The lowest BCUT2D eigenvalue weighted by atomic mass is 9.99. The molecule has 0 N–H and O–H groups in total. The average Bonchev–Trinajstić information content (AvgIpc) is 2.65. The second kappa shape index (κ2) is 7.62. The van der Waals surface area contributed by atoms with Gasteiger partial charge in [-0.05, 0) is 24.1 Å². The van der Waals surface area contributed by atoms with Crippen LogP contribution in [0.2, 0.25) is 5.02 Å². The summed E-state index contributed by atoms with van der Waals surface area (Å²) in [7, 11) is 1.27. The topological polar surface area (TPSA) is 65.7 Å². The highest BCUT2D eigenvalue weighted by Crippen LogP contribution is 2.32. The minimum Gasteiger partial charge on any atom is -0.480 e. The Morgan fingerprint density at radius 1 is 1.19 bits per heavy atom. The predicted octanol–water partition coefficient (Wildman–Crippen LogP) is 3.90. The van der Waals surface area contributed by atoms with Gasteiger partial charge in [0.15, 0.2) is 6.61 Å². The summed E-state index contributed by atoms with van der Waals surface area (Å²) in [6, 6.07) is 12.9. The van der Waals surface area contributed by atoms with Crippen LogP contribution in [0.3, 0.4) is 0 Å². The highest BCUT2D eigenvalue weighted by atomic mass is 35.5. The molecule has 0 spiro atoms. The fourth-order valence-corrected chi connectivity index (χ4v) is 2.92. The van der Waals surface area contributed by atoms with E-state index in [1.54, 1.807) is 6.07 Å². The SMILES string of the molecule is COC(=O)COc1cc2oc(=O)c(Cc3ccccc3)c(C)c2cc1Cl. The van der Waals surface area contributed by atoms with E-state index in [1.807, 2.05) is 37.3 Å². The van der Waals surface area contributed by atoms with Crippen molar-refractivity contribution in [1.82, 2.24) is 0 Å². The molecule has 0 fully saturated rings. The van der Waals surface area contributed by atoms with Gasteiger partial charge in [-0.2, -0.15) is 0 Å². The van der Waals surface area contributed by atoms with Gasteiger partial charge >= 0.3 is 11.6 Å². The average molecular weight is 373 g/mol. The molecule has 134 valence electrons. The fraction of sp³-hybridized carbons (Fsp3) is 0.200. The maximum absolute atomic E-state index is 12.5. The summed E-state index contributed by atoms with van der Waals surface area (Å²) >= 11 is 6.26. The van der Waals surface area contributed by atoms with Crippen LogP contribution < -0.4 is 10.4 Å². The molecule has 0 saturated heterocycles. The van der Waals surface area contributed by atoms with Crippen LogP contribution in [0.1, 0.15) is 16.7 Å². The van der Waals surface area contributed by atoms with E-state index in [1.165, 1.54) is 13.2 Å². The molecule has 0 saturated carbocycles. The quantitative estimate of drug-likeness (QED) is 0.502. The molecule has 2 aromatic carbocycles. The number of rotatable bonds is 5. The van der Waals surface area contributed by atoms with E-state index in [9.17, 15) is 9.59 Å². The zero-order chi connectivity index (χ0) is 18.7. The Bertz CT molecular complexity index is 1010. The number of halogens is 1. The summed E-state index contributed by atoms with van der Waals surface area (Å²) in [5.74, 6) is -0.278. The summed E-state index contributed by atoms with van der Waals surface area (Å²) in [4.78, 5) is 23.7. The van der Waals surface area contributed by atoms with Gasteiger partial charge in [0, 0.05) is 23.4 Å². The Labute approximate surface area is 155 Å². The van der Waals surface area contributed by atoms with Crippen molar-refractivity contribution < 1.29 is 18.7 Å². The van der Waals surface area contributed by atoms with E-state index in [2.05, 4.69) is 4.74 Å². The molecule has 3 aromatic rings. The van der Waals surface area contributed by atoms with Crippen molar-refractivity contribution in [2.75, 3.05) is 13.7 Å². The van der Waals surface area contributed by atoms with Crippen molar-refractivity contribution in [1.29, 1.82) is 0 Å². The maximum atomic E-state index is 12.5. The number of aryl methyl sites for hydroxylation is 1. The zero-order valence-electron chi connectivity index (χ0n) is 14.4. The van der Waals surface area contributed by atoms with E-state index in [0.717, 1.165) is 16.5 Å². The third kappa shape index (κ3) is 3.73. The number of carbonyl (C=O) groups is 1. The molecule has 0 unspecified atom stereocenters. The molecule has 1 heterocycles. The number of methoxy groups -OCH3 is 1. The third-order valence-corrected chi connectivity index (χ3v) is 4.43. The van der Waals surface area contributed by atoms with Crippen molar-refractivity contribution in [2.24, 2.45) is 0 Å². The van der Waals surface area contributed by atoms with Crippen LogP contribution >= 0.6 is 11.6 Å². The van der Waals surface area contributed by atoms with Gasteiger partial charge in [-0.15, -0.1) is 0 Å². The van der Waals surface area contributed by atoms with Gasteiger partial charge in [0.05, 0.1) is 12.1 Å². The number of carbonyl (C=O) groups excluding carboxylic acids is 1. The Kier molecular flexibility index (Phi) is 5.28. The summed E-state index contributed by atoms with van der Waals surface area (Å²) < 4.78 is 15.3. The Morgan fingerprint density at radius 3 is 2.62 bits per heavy atom. The first-order valence-electron chi connectivity index (χ1n) is 7.99. The monoisotopic (exact) mass is 372 g/mol. The minimum absolute atomic E-state index is 0.253. The molecule has 0 amide bonds. The van der Waals surface area contributed by atoms with Crippen molar-refractivity contribution in [3.8, 4) is 5.75 Å². The van der Waals surface area contributed by atoms with Crippen molar-refractivity contribution in [2.45, 2.75) is 13.3 Å². The second-order valence-corrected chi connectivity index (χ2v) is 6.21. The molecule has 0 aliphatic rings. The fourth-order valence-electron chi connectivity index (χ4n) is 2.70. The minimum atomic E-state index is -0.531. The molecule has 5 nitrogen and oxygen atoms in total. The first-order valence-corrected chi connectivity index (χ1v) is 8.36. The molecule has 3 rings (SSSR count). The van der Waals surface area contributed by atoms with Gasteiger partial charge in [0.1, 0.15) is 11.3 Å². The van der Waals surface area contributed by atoms with E-state index in [0.29, 0.717) is 22.6 Å². The number of benzene rings is 2. The van der Waals surface area contributed by atoms with Crippen LogP contribution in [0.25, 0.3) is 11.0 Å². The van der Waals surface area contributed by atoms with Crippen LogP contribution in [-0.2, 0) is 16.0 Å². The van der Waals surface area contributed by atoms with E-state index in [4.69, 9.17) is 20.8 Å². The molecule has 1 aromatic heterocycles. The molecular weight excluding hydrogens is 356 g/mol. The highest BCUT2D eigenvalue weighted by molar-refractivity contribution is 6.32. The van der Waals surface area contributed by atoms with Crippen LogP contribution in [0.4, 0.5) is 0 Å². The highest BCUT2D eigenvalue weighted by Gasteiger charge is 2.15. The van der Waals surface area contributed by atoms with Crippen molar-refractivity contribution >= 4 is 28.5 Å². The number of esters is 1. The molecule has 0 bridgehead atoms. The largest absolute Gasteiger partial charge is 0.480 e. The standard InChI is InChI=1S/C20H17ClO5/c1-12-14-9-16(21)18(25-11-19(22)24-2)10-17(14)26-20(23)15(12)8-13-6-4-3-5-7-13/h3-7,9-10H,8,11H2,1-2H3. The van der Waals surface area contributed by atoms with E-state index >= 15 is 0 Å². The van der Waals surface area contributed by atoms with Gasteiger partial charge in [0.2, 0.25) is 0 Å². The predicted molar refractivity (Wildman–Crippen MR) is 99.0 cm³/mol. The molecule has 0 aliphatic carbocycles. The van der Waals surface area contributed by atoms with Crippen LogP contribution in [0.5, 0.6) is 5.75 Å². The smallest absolute Gasteiger partial charge is 0.343 e. The first kappa shape index (κ1) is 18.0. The Morgan fingerprint density at radius 2 is 1.92 bits per heavy atom. The van der Waals surface area contributed by atoms with Crippen molar-refractivity contribution in [3.63, 3.8) is 0 Å². The number of ether oxygens (including phenoxy) is 2. The van der Waals surface area contributed by atoms with Gasteiger partial charge in [-0.3, -0.25) is 0 Å². The second-order valence-electron chi connectivity index (χ2n) is 5.80. The molecule has 0 atom stereocenters. The normalized spacial score (nSPS) is 10.7. The van der Waals surface area contributed by atoms with Crippen LogP contribution in [0, 0.1) is 6.92 Å². The van der Waals surface area contributed by atoms with Crippen LogP contribution in [-0.4, -0.2) is 19.7 Å². The summed E-state index contributed by atoms with van der Waals surface area (Å²) in [6.07, 6.45) is 0.475. The molecule has 6 heteroatoms. The number of fused-ring (bicyclic) bond motifs is 1. The Balaban J connectivity index is 2.01. The zero-order valence-corrected chi connectivity index (χ0v) is 15.1. The van der Waals surface area contributed by atoms with Gasteiger partial charge in [-0.1, -0.05) is 41.9 Å². The van der Waals surface area contributed by atoms with Crippen molar-refractivity contribution in [3.05, 3.63) is 74.6 Å². The summed E-state index contributed by atoms with van der Waals surface area (Å²) in [6.45, 7) is 1.58. The van der Waals surface area contributed by atoms with Gasteiger partial charge < -0.3 is 13.9 Å². The van der Waals surface area contributed by atoms with Crippen LogP contribution in [0.15, 0.2) is 51.7 Å². The number of hydrogen-bond acceptors (Lipinski definition) is 5. The molecule has 0 aliphatic heterocycles. The maximum Gasteiger partial charge on any atom is 0.343 e. The summed E-state index contributed by atoms with van der Waals surface area (Å²) in [5, 5.41) is 1.05. The lowest BCUT2D eigenvalue weighted by Crippen LogP contribution is -2.13. The summed E-state index contributed by atoms with van der Waals surface area (Å²) in [5.41, 5.74) is 2.37. The lowest BCUT2D eigenvalue weighted by Gasteiger charge is -2.11. The third-order valence-electron chi connectivity index (χ3n) is 4.14. The van der Waals surface area contributed by atoms with E-state index < -0.39 is 11.6 Å². The van der Waals surface area contributed by atoms with Gasteiger partial charge in [-0.25, -0.2) is 9.59 Å². The molecular formula is C20H17ClO5. The molecule has 26 heavy (non-hydrogen) atoms. The Hall–Kier alpha value is -2.79. The van der Waals surface area contributed by atoms with Gasteiger partial charge in [0.25, 0.3) is 0 Å². The van der Waals surface area contributed by atoms with E-state index in [-0.39, 0.29) is 12.4 Å². The molecule has 0 radical (unpaired) electrons. The lowest BCUT2D eigenvalue weighted by molar-refractivity contribution is -0.142. The first-order chi connectivity index (χ1) is 12.5. The number of hydrogen-bond donors (Lipinski definition) is 0.